The molecule has 10 heteroatoms. The molecule has 4 rings (SSSR count). The number of ether oxygens (including phenoxy) is 1. The SMILES string of the molecule is CCOc1ccc2nc(N3CC(C(=O)N(C)CCc4ncon4)CC3=O)sc2c1. The zero-order valence-electron chi connectivity index (χ0n) is 16.2. The van der Waals surface area contributed by atoms with Crippen LogP contribution in [0.2, 0.25) is 0 Å². The highest BCUT2D eigenvalue weighted by Gasteiger charge is 2.37. The molecule has 1 atom stereocenters. The lowest BCUT2D eigenvalue weighted by Gasteiger charge is -2.20. The zero-order valence-corrected chi connectivity index (χ0v) is 17.0. The van der Waals surface area contributed by atoms with Gasteiger partial charge in [-0.05, 0) is 25.1 Å². The molecule has 3 heterocycles. The summed E-state index contributed by atoms with van der Waals surface area (Å²) in [6.45, 7) is 3.32. The Morgan fingerprint density at radius 2 is 2.31 bits per heavy atom. The predicted molar refractivity (Wildman–Crippen MR) is 107 cm³/mol. The normalized spacial score (nSPS) is 16.6. The molecule has 0 aliphatic carbocycles. The van der Waals surface area contributed by atoms with E-state index in [1.165, 1.54) is 17.7 Å². The van der Waals surface area contributed by atoms with Gasteiger partial charge in [0.05, 0.1) is 22.7 Å². The molecule has 0 radical (unpaired) electrons. The van der Waals surface area contributed by atoms with Crippen molar-refractivity contribution in [1.29, 1.82) is 0 Å². The van der Waals surface area contributed by atoms with Crippen molar-refractivity contribution in [3.05, 3.63) is 30.4 Å². The lowest BCUT2D eigenvalue weighted by molar-refractivity contribution is -0.134. The molecule has 1 aromatic carbocycles. The van der Waals surface area contributed by atoms with E-state index >= 15 is 0 Å². The highest BCUT2D eigenvalue weighted by Crippen LogP contribution is 2.34. The molecule has 1 saturated heterocycles. The average Bonchev–Trinajstić information content (AvgIpc) is 3.44. The number of nitrogens with zero attached hydrogens (tertiary/aromatic N) is 5. The van der Waals surface area contributed by atoms with E-state index in [2.05, 4.69) is 15.1 Å². The van der Waals surface area contributed by atoms with E-state index in [0.29, 0.717) is 37.1 Å². The molecule has 0 bridgehead atoms. The Bertz CT molecular complexity index is 1020. The molecule has 29 heavy (non-hydrogen) atoms. The van der Waals surface area contributed by atoms with E-state index in [1.54, 1.807) is 16.8 Å². The van der Waals surface area contributed by atoms with Crippen molar-refractivity contribution < 1.29 is 18.8 Å². The minimum absolute atomic E-state index is 0.0657. The Labute approximate surface area is 171 Å². The van der Waals surface area contributed by atoms with Gasteiger partial charge in [0.1, 0.15) is 5.75 Å². The van der Waals surface area contributed by atoms with Gasteiger partial charge in [-0.15, -0.1) is 0 Å². The number of amides is 2. The first kappa shape index (κ1) is 19.3. The van der Waals surface area contributed by atoms with Crippen molar-refractivity contribution >= 4 is 38.5 Å². The first-order chi connectivity index (χ1) is 14.0. The Kier molecular flexibility index (Phi) is 5.43. The van der Waals surface area contributed by atoms with Gasteiger partial charge in [0.15, 0.2) is 11.0 Å². The molecular formula is C19H21N5O4S. The van der Waals surface area contributed by atoms with Crippen molar-refractivity contribution in [2.45, 2.75) is 19.8 Å². The number of carbonyl (C=O) groups excluding carboxylic acids is 2. The summed E-state index contributed by atoms with van der Waals surface area (Å²) in [6.07, 6.45) is 1.95. The molecule has 1 aliphatic rings. The van der Waals surface area contributed by atoms with Gasteiger partial charge < -0.3 is 14.2 Å². The van der Waals surface area contributed by atoms with Crippen LogP contribution in [0, 0.1) is 5.92 Å². The predicted octanol–water partition coefficient (Wildman–Crippen LogP) is 2.13. The van der Waals surface area contributed by atoms with Crippen LogP contribution in [0.4, 0.5) is 5.13 Å². The second-order valence-corrected chi connectivity index (χ2v) is 7.83. The summed E-state index contributed by atoms with van der Waals surface area (Å²) >= 11 is 1.43. The number of likely N-dealkylation sites (N-methyl/N-ethyl adjacent to an activating group) is 1. The highest BCUT2D eigenvalue weighted by atomic mass is 32.1. The summed E-state index contributed by atoms with van der Waals surface area (Å²) in [4.78, 5) is 37.1. The van der Waals surface area contributed by atoms with Crippen molar-refractivity contribution in [3.63, 3.8) is 0 Å². The van der Waals surface area contributed by atoms with Gasteiger partial charge in [0.25, 0.3) is 0 Å². The van der Waals surface area contributed by atoms with Crippen molar-refractivity contribution in [1.82, 2.24) is 20.0 Å². The number of thiazole rings is 1. The van der Waals surface area contributed by atoms with Crippen molar-refractivity contribution in [2.75, 3.05) is 31.6 Å². The summed E-state index contributed by atoms with van der Waals surface area (Å²) in [7, 11) is 1.72. The number of carbonyl (C=O) groups is 2. The Morgan fingerprint density at radius 3 is 3.07 bits per heavy atom. The molecule has 0 N–H and O–H groups in total. The highest BCUT2D eigenvalue weighted by molar-refractivity contribution is 7.22. The van der Waals surface area contributed by atoms with Crippen LogP contribution in [0.3, 0.4) is 0 Å². The number of anilines is 1. The summed E-state index contributed by atoms with van der Waals surface area (Å²) in [5, 5.41) is 4.36. The standard InChI is InChI=1S/C19H21N5O4S/c1-3-27-13-4-5-14-15(9-13)29-19(21-14)24-10-12(8-17(24)25)18(26)23(2)7-6-16-20-11-28-22-16/h4-5,9,11-12H,3,6-8,10H2,1-2H3. The molecule has 3 aromatic rings. The maximum atomic E-state index is 12.8. The summed E-state index contributed by atoms with van der Waals surface area (Å²) in [5.41, 5.74) is 0.813. The lowest BCUT2D eigenvalue weighted by Crippen LogP contribution is -2.36. The average molecular weight is 415 g/mol. The second kappa shape index (κ2) is 8.16. The van der Waals surface area contributed by atoms with Crippen LogP contribution in [0.25, 0.3) is 10.2 Å². The fourth-order valence-electron chi connectivity index (χ4n) is 3.31. The summed E-state index contributed by atoms with van der Waals surface area (Å²) < 4.78 is 11.2. The molecule has 1 fully saturated rings. The van der Waals surface area contributed by atoms with Gasteiger partial charge in [-0.1, -0.05) is 16.5 Å². The van der Waals surface area contributed by atoms with Crippen LogP contribution in [-0.2, 0) is 16.0 Å². The largest absolute Gasteiger partial charge is 0.494 e. The fraction of sp³-hybridized carbons (Fsp3) is 0.421. The topological polar surface area (TPSA) is 102 Å². The maximum absolute atomic E-state index is 12.8. The smallest absolute Gasteiger partial charge is 0.229 e. The Morgan fingerprint density at radius 1 is 1.45 bits per heavy atom. The fourth-order valence-corrected chi connectivity index (χ4v) is 4.34. The number of fused-ring (bicyclic) bond motifs is 1. The molecule has 9 nitrogen and oxygen atoms in total. The first-order valence-corrected chi connectivity index (χ1v) is 10.2. The number of rotatable bonds is 7. The van der Waals surface area contributed by atoms with Crippen LogP contribution in [-0.4, -0.2) is 58.6 Å². The van der Waals surface area contributed by atoms with Gasteiger partial charge in [0, 0.05) is 33.0 Å². The van der Waals surface area contributed by atoms with E-state index in [4.69, 9.17) is 9.26 Å². The van der Waals surface area contributed by atoms with Crippen molar-refractivity contribution in [3.8, 4) is 5.75 Å². The van der Waals surface area contributed by atoms with Gasteiger partial charge in [-0.2, -0.15) is 4.98 Å². The number of hydrogen-bond donors (Lipinski definition) is 0. The molecule has 2 amide bonds. The molecule has 2 aromatic heterocycles. The third-order valence-electron chi connectivity index (χ3n) is 4.82. The monoisotopic (exact) mass is 415 g/mol. The van der Waals surface area contributed by atoms with Gasteiger partial charge in [-0.25, -0.2) is 4.98 Å². The number of aromatic nitrogens is 3. The van der Waals surface area contributed by atoms with Crippen LogP contribution < -0.4 is 9.64 Å². The minimum atomic E-state index is -0.385. The van der Waals surface area contributed by atoms with E-state index in [-0.39, 0.29) is 24.2 Å². The summed E-state index contributed by atoms with van der Waals surface area (Å²) in [5.74, 6) is 0.792. The first-order valence-electron chi connectivity index (χ1n) is 9.39. The minimum Gasteiger partial charge on any atom is -0.494 e. The summed E-state index contributed by atoms with van der Waals surface area (Å²) in [6, 6.07) is 5.68. The van der Waals surface area contributed by atoms with Gasteiger partial charge in [-0.3, -0.25) is 14.5 Å². The van der Waals surface area contributed by atoms with Crippen LogP contribution in [0.15, 0.2) is 29.1 Å². The third-order valence-corrected chi connectivity index (χ3v) is 5.86. The van der Waals surface area contributed by atoms with Crippen molar-refractivity contribution in [2.24, 2.45) is 5.92 Å². The maximum Gasteiger partial charge on any atom is 0.229 e. The molecule has 0 saturated carbocycles. The van der Waals surface area contributed by atoms with E-state index < -0.39 is 0 Å². The molecule has 0 spiro atoms. The molecule has 152 valence electrons. The van der Waals surface area contributed by atoms with Gasteiger partial charge >= 0.3 is 0 Å². The second-order valence-electron chi connectivity index (χ2n) is 6.82. The molecular weight excluding hydrogens is 394 g/mol. The van der Waals surface area contributed by atoms with Crippen LogP contribution in [0.5, 0.6) is 5.75 Å². The van der Waals surface area contributed by atoms with E-state index in [0.717, 1.165) is 16.0 Å². The number of hydrogen-bond acceptors (Lipinski definition) is 8. The van der Waals surface area contributed by atoms with Gasteiger partial charge in [0.2, 0.25) is 18.2 Å². The third kappa shape index (κ3) is 4.07. The van der Waals surface area contributed by atoms with Crippen LogP contribution >= 0.6 is 11.3 Å². The zero-order chi connectivity index (χ0) is 20.4. The van der Waals surface area contributed by atoms with Crippen LogP contribution in [0.1, 0.15) is 19.2 Å². The lowest BCUT2D eigenvalue weighted by atomic mass is 10.1. The molecule has 1 unspecified atom stereocenters. The number of benzene rings is 1. The van der Waals surface area contributed by atoms with E-state index in [9.17, 15) is 9.59 Å². The van der Waals surface area contributed by atoms with E-state index in [1.807, 2.05) is 25.1 Å². The Hall–Kier alpha value is -3.01. The molecule has 1 aliphatic heterocycles. The quantitative estimate of drug-likeness (QED) is 0.582. The Balaban J connectivity index is 1.43.